The number of nitrogens with zero attached hydrogens (tertiary/aromatic N) is 3. The predicted octanol–water partition coefficient (Wildman–Crippen LogP) is 2.64. The summed E-state index contributed by atoms with van der Waals surface area (Å²) >= 11 is 0. The van der Waals surface area contributed by atoms with Gasteiger partial charge in [0.1, 0.15) is 11.3 Å². The van der Waals surface area contributed by atoms with Crippen LogP contribution in [0.1, 0.15) is 24.2 Å². The Bertz CT molecular complexity index is 964. The Morgan fingerprint density at radius 1 is 1.12 bits per heavy atom. The third kappa shape index (κ3) is 4.05. The first kappa shape index (κ1) is 17.6. The first-order valence-corrected chi connectivity index (χ1v) is 8.27. The number of rotatable bonds is 6. The van der Waals surface area contributed by atoms with Crippen LogP contribution in [0.5, 0.6) is 5.75 Å². The van der Waals surface area contributed by atoms with Crippen LogP contribution in [0.4, 0.5) is 0 Å². The normalized spacial score (nSPS) is 10.9. The maximum Gasteiger partial charge on any atom is 0.339 e. The summed E-state index contributed by atoms with van der Waals surface area (Å²) in [6.45, 7) is 4.42. The van der Waals surface area contributed by atoms with Gasteiger partial charge in [-0.3, -0.25) is 4.79 Å². The topological polar surface area (TPSA) is 83.3 Å². The minimum atomic E-state index is -0.553. The lowest BCUT2D eigenvalue weighted by molar-refractivity contribution is 0.0336. The van der Waals surface area contributed by atoms with Crippen molar-refractivity contribution < 1.29 is 14.3 Å². The van der Waals surface area contributed by atoms with E-state index < -0.39 is 5.97 Å². The second-order valence-electron chi connectivity index (χ2n) is 6.20. The van der Waals surface area contributed by atoms with Gasteiger partial charge in [-0.2, -0.15) is 4.68 Å². The molecule has 0 atom stereocenters. The van der Waals surface area contributed by atoms with Gasteiger partial charge in [-0.05, 0) is 42.3 Å². The molecule has 3 aromatic rings. The third-order valence-electron chi connectivity index (χ3n) is 3.62. The fourth-order valence-corrected chi connectivity index (χ4v) is 2.26. The molecule has 0 bridgehead atoms. The van der Waals surface area contributed by atoms with Crippen molar-refractivity contribution in [3.63, 3.8) is 0 Å². The molecule has 7 nitrogen and oxygen atoms in total. The monoisotopic (exact) mass is 353 g/mol. The second-order valence-corrected chi connectivity index (χ2v) is 6.20. The van der Waals surface area contributed by atoms with Crippen molar-refractivity contribution in [2.45, 2.75) is 20.6 Å². The highest BCUT2D eigenvalue weighted by Crippen LogP contribution is 2.14. The van der Waals surface area contributed by atoms with E-state index >= 15 is 0 Å². The first-order valence-electron chi connectivity index (χ1n) is 8.27. The van der Waals surface area contributed by atoms with Crippen LogP contribution in [0, 0.1) is 5.92 Å². The molecule has 3 rings (SSSR count). The Hall–Kier alpha value is -3.22. The molecule has 1 aromatic heterocycles. The number of aromatic nitrogens is 3. The van der Waals surface area contributed by atoms with Crippen molar-refractivity contribution >= 4 is 16.9 Å². The summed E-state index contributed by atoms with van der Waals surface area (Å²) in [5.41, 5.74) is 0.501. The molecule has 0 aliphatic heterocycles. The van der Waals surface area contributed by atoms with Crippen molar-refractivity contribution in [1.82, 2.24) is 15.0 Å². The van der Waals surface area contributed by atoms with Gasteiger partial charge in [0, 0.05) is 0 Å². The SMILES string of the molecule is CC(C)COc1ccc(C(=O)OCn2nnc3ccccc3c2=O)cc1. The Balaban J connectivity index is 1.65. The maximum absolute atomic E-state index is 12.3. The zero-order valence-corrected chi connectivity index (χ0v) is 14.6. The fraction of sp³-hybridized carbons (Fsp3) is 0.263. The quantitative estimate of drug-likeness (QED) is 0.634. The van der Waals surface area contributed by atoms with Crippen LogP contribution < -0.4 is 10.3 Å². The minimum absolute atomic E-state index is 0.304. The smallest absolute Gasteiger partial charge is 0.339 e. The molecular weight excluding hydrogens is 334 g/mol. The summed E-state index contributed by atoms with van der Waals surface area (Å²) in [6.07, 6.45) is 0. The lowest BCUT2D eigenvalue weighted by Crippen LogP contribution is -2.26. The van der Waals surface area contributed by atoms with E-state index in [1.54, 1.807) is 48.5 Å². The van der Waals surface area contributed by atoms with Gasteiger partial charge in [0.2, 0.25) is 0 Å². The molecule has 0 radical (unpaired) electrons. The van der Waals surface area contributed by atoms with E-state index in [0.717, 1.165) is 4.68 Å². The summed E-state index contributed by atoms with van der Waals surface area (Å²) in [4.78, 5) is 24.4. The van der Waals surface area contributed by atoms with Crippen LogP contribution in [0.25, 0.3) is 10.9 Å². The molecule has 0 fully saturated rings. The molecule has 0 unspecified atom stereocenters. The molecule has 0 saturated heterocycles. The molecule has 1 heterocycles. The fourth-order valence-electron chi connectivity index (χ4n) is 2.26. The van der Waals surface area contributed by atoms with E-state index in [-0.39, 0.29) is 12.3 Å². The van der Waals surface area contributed by atoms with Crippen LogP contribution in [0.2, 0.25) is 0 Å². The number of carbonyl (C=O) groups excluding carboxylic acids is 1. The number of ether oxygens (including phenoxy) is 2. The lowest BCUT2D eigenvalue weighted by atomic mass is 10.2. The average molecular weight is 353 g/mol. The standard InChI is InChI=1S/C19H19N3O4/c1-13(2)11-25-15-9-7-14(8-10-15)19(24)26-12-22-18(23)16-5-3-4-6-17(16)20-21-22/h3-10,13H,11-12H2,1-2H3. The Labute approximate surface area is 150 Å². The van der Waals surface area contributed by atoms with E-state index in [0.29, 0.717) is 34.7 Å². The molecule has 0 aliphatic rings. The predicted molar refractivity (Wildman–Crippen MR) is 96.0 cm³/mol. The van der Waals surface area contributed by atoms with Gasteiger partial charge in [0.05, 0.1) is 17.6 Å². The van der Waals surface area contributed by atoms with Gasteiger partial charge < -0.3 is 9.47 Å². The van der Waals surface area contributed by atoms with Crippen LogP contribution in [0.3, 0.4) is 0 Å². The van der Waals surface area contributed by atoms with E-state index in [4.69, 9.17) is 9.47 Å². The highest BCUT2D eigenvalue weighted by molar-refractivity contribution is 5.89. The number of benzene rings is 2. The highest BCUT2D eigenvalue weighted by atomic mass is 16.5. The van der Waals surface area contributed by atoms with Gasteiger partial charge in [0.25, 0.3) is 5.56 Å². The summed E-state index contributed by atoms with van der Waals surface area (Å²) in [5.74, 6) is 0.551. The number of esters is 1. The molecule has 134 valence electrons. The zero-order valence-electron chi connectivity index (χ0n) is 14.6. The Morgan fingerprint density at radius 2 is 1.85 bits per heavy atom. The average Bonchev–Trinajstić information content (AvgIpc) is 2.66. The number of fused-ring (bicyclic) bond motifs is 1. The summed E-state index contributed by atoms with van der Waals surface area (Å²) in [5, 5.41) is 8.15. The lowest BCUT2D eigenvalue weighted by Gasteiger charge is -2.09. The van der Waals surface area contributed by atoms with Crippen LogP contribution in [-0.4, -0.2) is 27.6 Å². The molecule has 2 aromatic carbocycles. The van der Waals surface area contributed by atoms with Gasteiger partial charge in [-0.1, -0.05) is 31.2 Å². The number of hydrogen-bond acceptors (Lipinski definition) is 6. The molecular formula is C19H19N3O4. The molecule has 0 amide bonds. The van der Waals surface area contributed by atoms with E-state index in [1.807, 2.05) is 0 Å². The first-order chi connectivity index (χ1) is 12.5. The summed E-state index contributed by atoms with van der Waals surface area (Å²) in [6, 6.07) is 13.5. The summed E-state index contributed by atoms with van der Waals surface area (Å²) < 4.78 is 11.7. The van der Waals surface area contributed by atoms with Crippen LogP contribution in [0.15, 0.2) is 53.3 Å². The van der Waals surface area contributed by atoms with Gasteiger partial charge >= 0.3 is 5.97 Å². The second kappa shape index (κ2) is 7.77. The van der Waals surface area contributed by atoms with Gasteiger partial charge in [-0.15, -0.1) is 5.10 Å². The summed E-state index contributed by atoms with van der Waals surface area (Å²) in [7, 11) is 0. The Morgan fingerprint density at radius 3 is 2.58 bits per heavy atom. The third-order valence-corrected chi connectivity index (χ3v) is 3.62. The van der Waals surface area contributed by atoms with E-state index in [2.05, 4.69) is 24.2 Å². The molecule has 26 heavy (non-hydrogen) atoms. The minimum Gasteiger partial charge on any atom is -0.493 e. The maximum atomic E-state index is 12.3. The van der Waals surface area contributed by atoms with Crippen LogP contribution in [-0.2, 0) is 11.5 Å². The number of hydrogen-bond donors (Lipinski definition) is 0. The number of carbonyl (C=O) groups is 1. The van der Waals surface area contributed by atoms with Crippen molar-refractivity contribution in [3.8, 4) is 5.75 Å². The van der Waals surface area contributed by atoms with E-state index in [9.17, 15) is 9.59 Å². The van der Waals surface area contributed by atoms with Crippen LogP contribution >= 0.6 is 0 Å². The van der Waals surface area contributed by atoms with Gasteiger partial charge in [-0.25, -0.2) is 4.79 Å². The van der Waals surface area contributed by atoms with Crippen molar-refractivity contribution in [3.05, 3.63) is 64.4 Å². The molecule has 0 spiro atoms. The molecule has 7 heteroatoms. The molecule has 0 N–H and O–H groups in total. The van der Waals surface area contributed by atoms with Crippen molar-refractivity contribution in [1.29, 1.82) is 0 Å². The molecule has 0 aliphatic carbocycles. The molecule has 0 saturated carbocycles. The highest BCUT2D eigenvalue weighted by Gasteiger charge is 2.10. The zero-order chi connectivity index (χ0) is 18.5. The van der Waals surface area contributed by atoms with E-state index in [1.165, 1.54) is 0 Å². The Kier molecular flexibility index (Phi) is 5.26. The van der Waals surface area contributed by atoms with Crippen molar-refractivity contribution in [2.75, 3.05) is 6.61 Å². The largest absolute Gasteiger partial charge is 0.493 e. The van der Waals surface area contributed by atoms with Gasteiger partial charge in [0.15, 0.2) is 6.73 Å². The van der Waals surface area contributed by atoms with Crippen molar-refractivity contribution in [2.24, 2.45) is 5.92 Å².